The first-order valence-corrected chi connectivity index (χ1v) is 11.9. The van der Waals surface area contributed by atoms with E-state index in [-0.39, 0.29) is 54.6 Å². The molecular weight excluding hydrogens is 458 g/mol. The maximum absolute atomic E-state index is 13.0. The molecule has 0 N–H and O–H groups in total. The number of hydrogen-bond donors (Lipinski definition) is 0. The number of nitrogens with zero attached hydrogens (tertiary/aromatic N) is 3. The third-order valence-corrected chi connectivity index (χ3v) is 8.19. The number of carbonyl (C=O) groups excluding carboxylic acids is 1. The van der Waals surface area contributed by atoms with Crippen LogP contribution in [0.3, 0.4) is 0 Å². The van der Waals surface area contributed by atoms with Gasteiger partial charge in [-0.3, -0.25) is 14.9 Å². The quantitative estimate of drug-likeness (QED) is 0.465. The Balaban J connectivity index is 1.41. The van der Waals surface area contributed by atoms with Crippen LogP contribution in [0.15, 0.2) is 47.4 Å². The normalized spacial score (nSPS) is 21.2. The monoisotopic (exact) mass is 479 g/mol. The number of nitro groups is 1. The van der Waals surface area contributed by atoms with Gasteiger partial charge in [0.15, 0.2) is 5.75 Å². The molecule has 2 fully saturated rings. The molecule has 2 unspecified atom stereocenters. The summed E-state index contributed by atoms with van der Waals surface area (Å²) in [7, 11) is -2.66. The lowest BCUT2D eigenvalue weighted by Gasteiger charge is -2.34. The Morgan fingerprint density at radius 1 is 1.16 bits per heavy atom. The Labute approximate surface area is 190 Å². The molecule has 32 heavy (non-hydrogen) atoms. The molecule has 2 aromatic carbocycles. The second kappa shape index (κ2) is 8.68. The molecule has 1 saturated heterocycles. The summed E-state index contributed by atoms with van der Waals surface area (Å²) in [4.78, 5) is 25.0. The van der Waals surface area contributed by atoms with Gasteiger partial charge in [0.2, 0.25) is 15.9 Å². The van der Waals surface area contributed by atoms with Crippen molar-refractivity contribution < 1.29 is 22.9 Å². The lowest BCUT2D eigenvalue weighted by atomic mass is 10.1. The molecule has 1 aliphatic carbocycles. The van der Waals surface area contributed by atoms with E-state index in [1.165, 1.54) is 23.5 Å². The van der Waals surface area contributed by atoms with Crippen LogP contribution in [0.25, 0.3) is 0 Å². The van der Waals surface area contributed by atoms with E-state index in [0.29, 0.717) is 5.02 Å². The topological polar surface area (TPSA) is 110 Å². The lowest BCUT2D eigenvalue weighted by molar-refractivity contribution is -0.386. The SMILES string of the molecule is COc1ccc(S(=O)(=O)N2CCN(C(=O)C3CC3c3ccccc3Cl)CC2)cc1[N+](=O)[O-]. The second-order valence-electron chi connectivity index (χ2n) is 7.79. The Morgan fingerprint density at radius 3 is 2.47 bits per heavy atom. The van der Waals surface area contributed by atoms with Gasteiger partial charge in [-0.1, -0.05) is 29.8 Å². The molecule has 2 aliphatic rings. The van der Waals surface area contributed by atoms with E-state index in [4.69, 9.17) is 16.3 Å². The van der Waals surface area contributed by atoms with Gasteiger partial charge in [0.05, 0.1) is 16.9 Å². The van der Waals surface area contributed by atoms with Crippen molar-refractivity contribution in [2.24, 2.45) is 5.92 Å². The molecular formula is C21H22ClN3O6S. The molecule has 0 spiro atoms. The van der Waals surface area contributed by atoms with Crippen LogP contribution in [0, 0.1) is 16.0 Å². The summed E-state index contributed by atoms with van der Waals surface area (Å²) in [6.07, 6.45) is 0.733. The summed E-state index contributed by atoms with van der Waals surface area (Å²) in [5.41, 5.74) is 0.552. The number of carbonyl (C=O) groups is 1. The van der Waals surface area contributed by atoms with E-state index in [9.17, 15) is 23.3 Å². The molecule has 1 aliphatic heterocycles. The molecule has 170 valence electrons. The van der Waals surface area contributed by atoms with Crippen LogP contribution < -0.4 is 4.74 Å². The minimum atomic E-state index is -3.94. The summed E-state index contributed by atoms with van der Waals surface area (Å²) in [5.74, 6) is -0.0472. The number of halogens is 1. The fraction of sp³-hybridized carbons (Fsp3) is 0.381. The number of benzene rings is 2. The fourth-order valence-electron chi connectivity index (χ4n) is 4.09. The standard InChI is InChI=1S/C21H22ClN3O6S/c1-31-20-7-6-14(12-19(20)25(27)28)32(29,30)24-10-8-23(9-11-24)21(26)17-13-16(17)15-4-2-3-5-18(15)22/h2-7,12,16-17H,8-11,13H2,1H3. The largest absolute Gasteiger partial charge is 0.490 e. The van der Waals surface area contributed by atoms with Crippen molar-refractivity contribution in [3.8, 4) is 5.75 Å². The molecule has 1 heterocycles. The van der Waals surface area contributed by atoms with Crippen LogP contribution in [-0.4, -0.2) is 61.7 Å². The maximum atomic E-state index is 13.0. The van der Waals surface area contributed by atoms with Gasteiger partial charge in [0, 0.05) is 43.2 Å². The van der Waals surface area contributed by atoms with Crippen LogP contribution in [0.5, 0.6) is 5.75 Å². The number of ether oxygens (including phenoxy) is 1. The van der Waals surface area contributed by atoms with Crippen molar-refractivity contribution in [3.05, 3.63) is 63.2 Å². The number of rotatable bonds is 6. The van der Waals surface area contributed by atoms with E-state index in [1.54, 1.807) is 4.90 Å². The molecule has 0 aromatic heterocycles. The summed E-state index contributed by atoms with van der Waals surface area (Å²) < 4.78 is 32.2. The van der Waals surface area contributed by atoms with Crippen LogP contribution >= 0.6 is 11.6 Å². The van der Waals surface area contributed by atoms with Crippen molar-refractivity contribution in [3.63, 3.8) is 0 Å². The number of methoxy groups -OCH3 is 1. The van der Waals surface area contributed by atoms with Crippen molar-refractivity contribution >= 4 is 33.2 Å². The Bertz CT molecular complexity index is 1160. The summed E-state index contributed by atoms with van der Waals surface area (Å²) in [6, 6.07) is 11.0. The number of sulfonamides is 1. The highest BCUT2D eigenvalue weighted by Crippen LogP contribution is 2.50. The zero-order valence-corrected chi connectivity index (χ0v) is 18.9. The number of nitro benzene ring substituents is 1. The molecule has 0 radical (unpaired) electrons. The highest BCUT2D eigenvalue weighted by Gasteiger charge is 2.47. The molecule has 0 bridgehead atoms. The molecule has 2 atom stereocenters. The van der Waals surface area contributed by atoms with Crippen LogP contribution in [0.1, 0.15) is 17.9 Å². The number of piperazine rings is 1. The zero-order valence-electron chi connectivity index (χ0n) is 17.3. The van der Waals surface area contributed by atoms with Gasteiger partial charge in [-0.25, -0.2) is 8.42 Å². The second-order valence-corrected chi connectivity index (χ2v) is 10.1. The van der Waals surface area contributed by atoms with Gasteiger partial charge >= 0.3 is 5.69 Å². The first-order valence-electron chi connectivity index (χ1n) is 10.1. The zero-order chi connectivity index (χ0) is 23.0. The highest BCUT2D eigenvalue weighted by atomic mass is 35.5. The molecule has 4 rings (SSSR count). The van der Waals surface area contributed by atoms with Crippen molar-refractivity contribution in [2.75, 3.05) is 33.3 Å². The predicted molar refractivity (Wildman–Crippen MR) is 117 cm³/mol. The van der Waals surface area contributed by atoms with Gasteiger partial charge in [-0.2, -0.15) is 4.31 Å². The summed E-state index contributed by atoms with van der Waals surface area (Å²) in [6.45, 7) is 0.777. The molecule has 1 amide bonds. The lowest BCUT2D eigenvalue weighted by Crippen LogP contribution is -2.51. The molecule has 2 aromatic rings. The van der Waals surface area contributed by atoms with Gasteiger partial charge in [-0.05, 0) is 36.1 Å². The highest BCUT2D eigenvalue weighted by molar-refractivity contribution is 7.89. The maximum Gasteiger partial charge on any atom is 0.312 e. The van der Waals surface area contributed by atoms with Gasteiger partial charge in [-0.15, -0.1) is 0 Å². The molecule has 11 heteroatoms. The van der Waals surface area contributed by atoms with Crippen LogP contribution in [0.4, 0.5) is 5.69 Å². The first kappa shape index (κ1) is 22.5. The predicted octanol–water partition coefficient (Wildman–Crippen LogP) is 2.89. The summed E-state index contributed by atoms with van der Waals surface area (Å²) in [5, 5.41) is 11.9. The Morgan fingerprint density at radius 2 is 1.84 bits per heavy atom. The average molecular weight is 480 g/mol. The number of hydrogen-bond acceptors (Lipinski definition) is 6. The van der Waals surface area contributed by atoms with Crippen molar-refractivity contribution in [1.29, 1.82) is 0 Å². The van der Waals surface area contributed by atoms with E-state index >= 15 is 0 Å². The van der Waals surface area contributed by atoms with E-state index in [0.717, 1.165) is 18.1 Å². The third-order valence-electron chi connectivity index (χ3n) is 5.95. The summed E-state index contributed by atoms with van der Waals surface area (Å²) >= 11 is 6.24. The van der Waals surface area contributed by atoms with Gasteiger partial charge in [0.1, 0.15) is 0 Å². The fourth-order valence-corrected chi connectivity index (χ4v) is 5.81. The first-order chi connectivity index (χ1) is 15.2. The van der Waals surface area contributed by atoms with Crippen molar-refractivity contribution in [1.82, 2.24) is 9.21 Å². The van der Waals surface area contributed by atoms with Crippen LogP contribution in [0.2, 0.25) is 5.02 Å². The van der Waals surface area contributed by atoms with Crippen LogP contribution in [-0.2, 0) is 14.8 Å². The molecule has 1 saturated carbocycles. The number of amides is 1. The van der Waals surface area contributed by atoms with E-state index < -0.39 is 20.6 Å². The average Bonchev–Trinajstić information content (AvgIpc) is 3.59. The minimum Gasteiger partial charge on any atom is -0.490 e. The molecule has 9 nitrogen and oxygen atoms in total. The van der Waals surface area contributed by atoms with E-state index in [1.807, 2.05) is 24.3 Å². The van der Waals surface area contributed by atoms with E-state index in [2.05, 4.69) is 0 Å². The Hall–Kier alpha value is -2.69. The third kappa shape index (κ3) is 4.17. The van der Waals surface area contributed by atoms with Crippen molar-refractivity contribution in [2.45, 2.75) is 17.2 Å². The Kier molecular flexibility index (Phi) is 6.11. The smallest absolute Gasteiger partial charge is 0.312 e. The van der Waals surface area contributed by atoms with Gasteiger partial charge in [0.25, 0.3) is 0 Å². The minimum absolute atomic E-state index is 0.00653. The van der Waals surface area contributed by atoms with Gasteiger partial charge < -0.3 is 9.64 Å².